The van der Waals surface area contributed by atoms with E-state index in [1.54, 1.807) is 17.2 Å². The molecule has 0 aromatic carbocycles. The van der Waals surface area contributed by atoms with Gasteiger partial charge in [0.25, 0.3) is 0 Å². The zero-order valence-corrected chi connectivity index (χ0v) is 10.1. The fraction of sp³-hybridized carbons (Fsp3) is 0.308. The third kappa shape index (κ3) is 1.99. The molecule has 1 atom stereocenters. The van der Waals surface area contributed by atoms with Crippen LogP contribution in [0.4, 0.5) is 10.1 Å². The van der Waals surface area contributed by atoms with Crippen molar-refractivity contribution in [1.29, 1.82) is 0 Å². The summed E-state index contributed by atoms with van der Waals surface area (Å²) in [5.41, 5.74) is 1.68. The smallest absolute Gasteiger partial charge is 0.326 e. The predicted molar refractivity (Wildman–Crippen MR) is 67.5 cm³/mol. The zero-order chi connectivity index (χ0) is 13.4. The van der Waals surface area contributed by atoms with Crippen molar-refractivity contribution in [2.75, 3.05) is 11.4 Å². The zero-order valence-electron chi connectivity index (χ0n) is 10.1. The summed E-state index contributed by atoms with van der Waals surface area (Å²) in [6, 6.07) is 2.49. The van der Waals surface area contributed by atoms with Gasteiger partial charge in [0.15, 0.2) is 0 Å². The van der Waals surface area contributed by atoms with Crippen LogP contribution in [-0.4, -0.2) is 33.6 Å². The molecular formula is C13H12FN3O2. The second-order valence-corrected chi connectivity index (χ2v) is 4.54. The van der Waals surface area contributed by atoms with Gasteiger partial charge in [-0.25, -0.2) is 14.2 Å². The van der Waals surface area contributed by atoms with Crippen LogP contribution in [0.3, 0.4) is 0 Å². The van der Waals surface area contributed by atoms with Crippen molar-refractivity contribution in [3.8, 4) is 0 Å². The summed E-state index contributed by atoms with van der Waals surface area (Å²) in [5.74, 6) is -1.29. The fourth-order valence-corrected chi connectivity index (χ4v) is 2.54. The summed E-state index contributed by atoms with van der Waals surface area (Å²) in [4.78, 5) is 21.2. The van der Waals surface area contributed by atoms with E-state index in [2.05, 4.69) is 9.97 Å². The molecule has 6 heteroatoms. The van der Waals surface area contributed by atoms with Crippen LogP contribution in [0.2, 0.25) is 0 Å². The van der Waals surface area contributed by atoms with Crippen LogP contribution in [0, 0.1) is 5.82 Å². The van der Waals surface area contributed by atoms with Crippen LogP contribution < -0.4 is 4.90 Å². The van der Waals surface area contributed by atoms with E-state index in [0.717, 1.165) is 12.6 Å². The van der Waals surface area contributed by atoms with Gasteiger partial charge in [-0.15, -0.1) is 0 Å². The molecule has 2 aromatic heterocycles. The van der Waals surface area contributed by atoms with E-state index in [9.17, 15) is 14.3 Å². The van der Waals surface area contributed by atoms with Crippen molar-refractivity contribution in [2.24, 2.45) is 0 Å². The highest BCUT2D eigenvalue weighted by molar-refractivity contribution is 5.90. The van der Waals surface area contributed by atoms with Gasteiger partial charge < -0.3 is 10.0 Å². The SMILES string of the molecule is O=C(O)C1CCCN1c1ccnc2cc(F)cnc12. The van der Waals surface area contributed by atoms with Gasteiger partial charge in [0.05, 0.1) is 17.4 Å². The summed E-state index contributed by atoms with van der Waals surface area (Å²) in [7, 11) is 0. The average Bonchev–Trinajstić information content (AvgIpc) is 2.86. The number of halogens is 1. The molecule has 0 amide bonds. The quantitative estimate of drug-likeness (QED) is 0.893. The van der Waals surface area contributed by atoms with Gasteiger partial charge in [0.1, 0.15) is 17.4 Å². The molecule has 3 heterocycles. The molecule has 98 valence electrons. The number of hydrogen-bond acceptors (Lipinski definition) is 4. The minimum Gasteiger partial charge on any atom is -0.480 e. The van der Waals surface area contributed by atoms with Gasteiger partial charge >= 0.3 is 5.97 Å². The van der Waals surface area contributed by atoms with Crippen molar-refractivity contribution >= 4 is 22.7 Å². The van der Waals surface area contributed by atoms with Gasteiger partial charge in [-0.1, -0.05) is 0 Å². The van der Waals surface area contributed by atoms with Crippen molar-refractivity contribution in [3.05, 3.63) is 30.3 Å². The normalized spacial score (nSPS) is 19.0. The minimum absolute atomic E-state index is 0.438. The first-order chi connectivity index (χ1) is 9.16. The number of carboxylic acid groups (broad SMARTS) is 1. The second-order valence-electron chi connectivity index (χ2n) is 4.54. The Kier molecular flexibility index (Phi) is 2.77. The van der Waals surface area contributed by atoms with Crippen LogP contribution >= 0.6 is 0 Å². The molecule has 1 aliphatic heterocycles. The maximum Gasteiger partial charge on any atom is 0.326 e. The first-order valence-electron chi connectivity index (χ1n) is 6.06. The van der Waals surface area contributed by atoms with E-state index >= 15 is 0 Å². The maximum absolute atomic E-state index is 13.1. The summed E-state index contributed by atoms with van der Waals surface area (Å²) < 4.78 is 13.1. The van der Waals surface area contributed by atoms with Crippen LogP contribution in [0.15, 0.2) is 24.5 Å². The summed E-state index contributed by atoms with van der Waals surface area (Å²) in [5, 5.41) is 9.22. The number of aliphatic carboxylic acids is 1. The lowest BCUT2D eigenvalue weighted by molar-refractivity contribution is -0.138. The highest BCUT2D eigenvalue weighted by Gasteiger charge is 2.31. The molecule has 0 spiro atoms. The molecule has 1 saturated heterocycles. The standard InChI is InChI=1S/C13H12FN3O2/c14-8-6-9-12(16-7-8)10(3-4-15-9)17-5-1-2-11(17)13(18)19/h3-4,6-7,11H,1-2,5H2,(H,18,19). The molecule has 1 N–H and O–H groups in total. The first-order valence-corrected chi connectivity index (χ1v) is 6.06. The van der Waals surface area contributed by atoms with E-state index in [1.165, 1.54) is 6.07 Å². The second kappa shape index (κ2) is 4.46. The average molecular weight is 261 g/mol. The molecule has 5 nitrogen and oxygen atoms in total. The monoisotopic (exact) mass is 261 g/mol. The van der Waals surface area contributed by atoms with Crippen molar-refractivity contribution in [2.45, 2.75) is 18.9 Å². The topological polar surface area (TPSA) is 66.3 Å². The Morgan fingerprint density at radius 2 is 2.32 bits per heavy atom. The number of carboxylic acids is 1. The number of anilines is 1. The molecule has 1 unspecified atom stereocenters. The number of aromatic nitrogens is 2. The van der Waals surface area contributed by atoms with Gasteiger partial charge in [0.2, 0.25) is 0 Å². The molecule has 2 aromatic rings. The molecule has 1 aliphatic rings. The molecule has 19 heavy (non-hydrogen) atoms. The third-order valence-corrected chi connectivity index (χ3v) is 3.37. The highest BCUT2D eigenvalue weighted by Crippen LogP contribution is 2.30. The largest absolute Gasteiger partial charge is 0.480 e. The Hall–Kier alpha value is -2.24. The molecule has 0 aliphatic carbocycles. The van der Waals surface area contributed by atoms with Crippen LogP contribution in [0.25, 0.3) is 11.0 Å². The van der Waals surface area contributed by atoms with Gasteiger partial charge in [-0.3, -0.25) is 4.98 Å². The van der Waals surface area contributed by atoms with Gasteiger partial charge in [-0.2, -0.15) is 0 Å². The highest BCUT2D eigenvalue weighted by atomic mass is 19.1. The maximum atomic E-state index is 13.1. The van der Waals surface area contributed by atoms with Gasteiger partial charge in [0, 0.05) is 18.8 Å². The minimum atomic E-state index is -0.843. The van der Waals surface area contributed by atoms with Crippen LogP contribution in [-0.2, 0) is 4.79 Å². The van der Waals surface area contributed by atoms with E-state index in [4.69, 9.17) is 0 Å². The Morgan fingerprint density at radius 1 is 1.47 bits per heavy atom. The molecule has 0 saturated carbocycles. The van der Waals surface area contributed by atoms with Crippen molar-refractivity contribution in [3.63, 3.8) is 0 Å². The van der Waals surface area contributed by atoms with E-state index in [0.29, 0.717) is 29.7 Å². The molecule has 1 fully saturated rings. The summed E-state index contributed by atoms with van der Waals surface area (Å²) >= 11 is 0. The van der Waals surface area contributed by atoms with Gasteiger partial charge in [-0.05, 0) is 18.9 Å². The Bertz CT molecular complexity index is 647. The summed E-state index contributed by atoms with van der Waals surface area (Å²) in [6.07, 6.45) is 4.11. The molecular weight excluding hydrogens is 249 g/mol. The van der Waals surface area contributed by atoms with Crippen molar-refractivity contribution in [1.82, 2.24) is 9.97 Å². The molecule has 0 radical (unpaired) electrons. The van der Waals surface area contributed by atoms with E-state index < -0.39 is 17.8 Å². The molecule has 0 bridgehead atoms. The number of carbonyl (C=O) groups is 1. The lowest BCUT2D eigenvalue weighted by atomic mass is 10.2. The molecule has 3 rings (SSSR count). The fourth-order valence-electron chi connectivity index (χ4n) is 2.54. The Balaban J connectivity index is 2.12. The number of hydrogen-bond donors (Lipinski definition) is 1. The summed E-state index contributed by atoms with van der Waals surface area (Å²) in [6.45, 7) is 0.662. The van der Waals surface area contributed by atoms with Crippen molar-refractivity contribution < 1.29 is 14.3 Å². The number of nitrogens with zero attached hydrogens (tertiary/aromatic N) is 3. The lowest BCUT2D eigenvalue weighted by Crippen LogP contribution is -2.36. The number of rotatable bonds is 2. The third-order valence-electron chi connectivity index (χ3n) is 3.37. The number of pyridine rings is 2. The van der Waals surface area contributed by atoms with Crippen LogP contribution in [0.5, 0.6) is 0 Å². The van der Waals surface area contributed by atoms with E-state index in [-0.39, 0.29) is 0 Å². The first kappa shape index (κ1) is 11.8. The number of fused-ring (bicyclic) bond motifs is 1. The Labute approximate surface area is 108 Å². The van der Waals surface area contributed by atoms with E-state index in [1.807, 2.05) is 0 Å². The predicted octanol–water partition coefficient (Wildman–Crippen LogP) is 1.82. The Morgan fingerprint density at radius 3 is 3.11 bits per heavy atom. The lowest BCUT2D eigenvalue weighted by Gasteiger charge is -2.24. The van der Waals surface area contributed by atoms with Crippen LogP contribution in [0.1, 0.15) is 12.8 Å².